The van der Waals surface area contributed by atoms with Gasteiger partial charge in [0.05, 0.1) is 5.52 Å². The Hall–Kier alpha value is -2.48. The van der Waals surface area contributed by atoms with Crippen molar-refractivity contribution in [2.24, 2.45) is 5.92 Å². The lowest BCUT2D eigenvalue weighted by Gasteiger charge is -2.07. The zero-order valence-corrected chi connectivity index (χ0v) is 12.9. The first-order chi connectivity index (χ1) is 10.6. The number of carbonyl (C=O) groups is 1. The molecule has 0 saturated heterocycles. The minimum absolute atomic E-state index is 0.0874. The van der Waals surface area contributed by atoms with Crippen LogP contribution < -0.4 is 0 Å². The molecule has 0 amide bonds. The van der Waals surface area contributed by atoms with Crippen molar-refractivity contribution in [2.45, 2.75) is 20.3 Å². The highest BCUT2D eigenvalue weighted by molar-refractivity contribution is 5.84. The predicted molar refractivity (Wildman–Crippen MR) is 90.7 cm³/mol. The molecule has 0 saturated carbocycles. The maximum Gasteiger partial charge on any atom is 0.139 e. The van der Waals surface area contributed by atoms with Gasteiger partial charge in [-0.15, -0.1) is 0 Å². The number of fused-ring (bicyclic) bond motifs is 1. The summed E-state index contributed by atoms with van der Waals surface area (Å²) in [6.07, 6.45) is 2.41. The van der Waals surface area contributed by atoms with E-state index in [0.717, 1.165) is 27.6 Å². The third-order valence-electron chi connectivity index (χ3n) is 3.90. The Labute approximate surface area is 130 Å². The van der Waals surface area contributed by atoms with Gasteiger partial charge in [-0.2, -0.15) is 0 Å². The van der Waals surface area contributed by atoms with Gasteiger partial charge in [-0.1, -0.05) is 56.3 Å². The lowest BCUT2D eigenvalue weighted by Crippen LogP contribution is -2.09. The van der Waals surface area contributed by atoms with Crippen molar-refractivity contribution in [1.29, 1.82) is 0 Å². The monoisotopic (exact) mass is 289 g/mol. The Morgan fingerprint density at radius 3 is 2.45 bits per heavy atom. The number of Topliss-reactive ketones (excluding diaryl/α,β-unsaturated/α-hetero) is 1. The number of hydrogen-bond donors (Lipinski definition) is 0. The second-order valence-electron chi connectivity index (χ2n) is 5.91. The Bertz CT molecular complexity index is 803. The van der Waals surface area contributed by atoms with Crippen LogP contribution in [0.1, 0.15) is 19.4 Å². The fourth-order valence-corrected chi connectivity index (χ4v) is 2.45. The molecule has 0 radical (unpaired) electrons. The molecule has 2 heteroatoms. The fourth-order valence-electron chi connectivity index (χ4n) is 2.45. The highest BCUT2D eigenvalue weighted by Crippen LogP contribution is 2.23. The number of pyridine rings is 1. The molecule has 1 aromatic heterocycles. The van der Waals surface area contributed by atoms with E-state index in [0.29, 0.717) is 6.42 Å². The van der Waals surface area contributed by atoms with Crippen LogP contribution in [0.25, 0.3) is 22.0 Å². The maximum atomic E-state index is 11.8. The molecule has 0 fully saturated rings. The molecule has 0 unspecified atom stereocenters. The molecule has 0 bridgehead atoms. The molecule has 3 rings (SSSR count). The van der Waals surface area contributed by atoms with Crippen molar-refractivity contribution in [3.05, 3.63) is 66.4 Å². The Morgan fingerprint density at radius 2 is 1.73 bits per heavy atom. The van der Waals surface area contributed by atoms with Gasteiger partial charge in [0.2, 0.25) is 0 Å². The summed E-state index contributed by atoms with van der Waals surface area (Å²) in [5.74, 6) is 0.365. The van der Waals surface area contributed by atoms with Crippen molar-refractivity contribution in [1.82, 2.24) is 4.98 Å². The van der Waals surface area contributed by atoms with Crippen LogP contribution in [-0.2, 0) is 11.2 Å². The van der Waals surface area contributed by atoms with Crippen LogP contribution in [0, 0.1) is 5.92 Å². The molecule has 0 spiro atoms. The van der Waals surface area contributed by atoms with E-state index in [1.165, 1.54) is 0 Å². The van der Waals surface area contributed by atoms with Crippen LogP contribution in [0.4, 0.5) is 0 Å². The Balaban J connectivity index is 1.86. The van der Waals surface area contributed by atoms with Crippen LogP contribution in [0.3, 0.4) is 0 Å². The first-order valence-corrected chi connectivity index (χ1v) is 7.60. The summed E-state index contributed by atoms with van der Waals surface area (Å²) < 4.78 is 0. The lowest BCUT2D eigenvalue weighted by molar-refractivity contribution is -0.121. The van der Waals surface area contributed by atoms with E-state index in [1.54, 1.807) is 0 Å². The molecule has 0 N–H and O–H groups in total. The van der Waals surface area contributed by atoms with Crippen LogP contribution in [0.5, 0.6) is 0 Å². The van der Waals surface area contributed by atoms with Crippen LogP contribution >= 0.6 is 0 Å². The van der Waals surface area contributed by atoms with Gasteiger partial charge in [0, 0.05) is 29.5 Å². The number of hydrogen-bond acceptors (Lipinski definition) is 2. The molecule has 2 nitrogen and oxygen atoms in total. The highest BCUT2D eigenvalue weighted by Gasteiger charge is 2.08. The summed E-state index contributed by atoms with van der Waals surface area (Å²) in [7, 11) is 0. The smallest absolute Gasteiger partial charge is 0.139 e. The third kappa shape index (κ3) is 3.06. The number of rotatable bonds is 4. The standard InChI is InChI=1S/C20H19NO/c1-14(2)20(22)11-15-7-9-16(10-8-15)18-12-17-5-3-4-6-19(17)21-13-18/h3-10,12-14H,11H2,1-2H3. The zero-order valence-electron chi connectivity index (χ0n) is 12.9. The van der Waals surface area contributed by atoms with E-state index in [9.17, 15) is 4.79 Å². The molecular formula is C20H19NO. The Kier molecular flexibility index (Phi) is 4.01. The van der Waals surface area contributed by atoms with Gasteiger partial charge < -0.3 is 0 Å². The van der Waals surface area contributed by atoms with Crippen LogP contribution in [0.15, 0.2) is 60.8 Å². The summed E-state index contributed by atoms with van der Waals surface area (Å²) in [6, 6.07) is 18.4. The minimum atomic E-state index is 0.0874. The second-order valence-corrected chi connectivity index (χ2v) is 5.91. The van der Waals surface area contributed by atoms with Crippen molar-refractivity contribution >= 4 is 16.7 Å². The number of aromatic nitrogens is 1. The number of carbonyl (C=O) groups excluding carboxylic acids is 1. The van der Waals surface area contributed by atoms with E-state index in [2.05, 4.69) is 29.2 Å². The molecule has 1 heterocycles. The van der Waals surface area contributed by atoms with Gasteiger partial charge in [0.15, 0.2) is 0 Å². The van der Waals surface area contributed by atoms with Gasteiger partial charge in [-0.25, -0.2) is 0 Å². The van der Waals surface area contributed by atoms with Crippen molar-refractivity contribution in [3.8, 4) is 11.1 Å². The first-order valence-electron chi connectivity index (χ1n) is 7.60. The summed E-state index contributed by atoms with van der Waals surface area (Å²) in [5.41, 5.74) is 4.29. The van der Waals surface area contributed by atoms with E-state index in [1.807, 2.05) is 50.4 Å². The molecule has 22 heavy (non-hydrogen) atoms. The number of nitrogens with zero attached hydrogens (tertiary/aromatic N) is 1. The van der Waals surface area contributed by atoms with E-state index >= 15 is 0 Å². The molecule has 0 aliphatic carbocycles. The summed E-state index contributed by atoms with van der Waals surface area (Å²) >= 11 is 0. The SMILES string of the molecule is CC(C)C(=O)Cc1ccc(-c2cnc3ccccc3c2)cc1. The van der Waals surface area contributed by atoms with E-state index < -0.39 is 0 Å². The van der Waals surface area contributed by atoms with E-state index in [-0.39, 0.29) is 11.7 Å². The zero-order chi connectivity index (χ0) is 15.5. The molecule has 110 valence electrons. The number of para-hydroxylation sites is 1. The third-order valence-corrected chi connectivity index (χ3v) is 3.90. The van der Waals surface area contributed by atoms with Gasteiger partial charge in [0.25, 0.3) is 0 Å². The molecule has 0 atom stereocenters. The highest BCUT2D eigenvalue weighted by atomic mass is 16.1. The minimum Gasteiger partial charge on any atom is -0.299 e. The second kappa shape index (κ2) is 6.10. The lowest BCUT2D eigenvalue weighted by atomic mass is 9.98. The average Bonchev–Trinajstić information content (AvgIpc) is 2.55. The summed E-state index contributed by atoms with van der Waals surface area (Å²) in [5, 5.41) is 1.14. The quantitative estimate of drug-likeness (QED) is 0.698. The Morgan fingerprint density at radius 1 is 1.00 bits per heavy atom. The van der Waals surface area contributed by atoms with Crippen LogP contribution in [0.2, 0.25) is 0 Å². The van der Waals surface area contributed by atoms with Gasteiger partial charge in [-0.3, -0.25) is 9.78 Å². The van der Waals surface area contributed by atoms with Crippen molar-refractivity contribution in [3.63, 3.8) is 0 Å². The van der Waals surface area contributed by atoms with Crippen molar-refractivity contribution in [2.75, 3.05) is 0 Å². The fraction of sp³-hybridized carbons (Fsp3) is 0.200. The maximum absolute atomic E-state index is 11.8. The topological polar surface area (TPSA) is 30.0 Å². The molecule has 3 aromatic rings. The number of ketones is 1. The molecular weight excluding hydrogens is 270 g/mol. The van der Waals surface area contributed by atoms with Gasteiger partial charge in [0.1, 0.15) is 5.78 Å². The van der Waals surface area contributed by atoms with Crippen LogP contribution in [-0.4, -0.2) is 10.8 Å². The molecule has 2 aromatic carbocycles. The average molecular weight is 289 g/mol. The molecule has 0 aliphatic heterocycles. The molecule has 0 aliphatic rings. The van der Waals surface area contributed by atoms with Gasteiger partial charge in [-0.05, 0) is 23.3 Å². The predicted octanol–water partition coefficient (Wildman–Crippen LogP) is 4.67. The normalized spacial score (nSPS) is 11.0. The summed E-state index contributed by atoms with van der Waals surface area (Å²) in [4.78, 5) is 16.3. The largest absolute Gasteiger partial charge is 0.299 e. The summed E-state index contributed by atoms with van der Waals surface area (Å²) in [6.45, 7) is 3.88. The van der Waals surface area contributed by atoms with Gasteiger partial charge >= 0.3 is 0 Å². The number of benzene rings is 2. The van der Waals surface area contributed by atoms with Crippen molar-refractivity contribution < 1.29 is 4.79 Å². The van der Waals surface area contributed by atoms with E-state index in [4.69, 9.17) is 0 Å². The first kappa shape index (κ1) is 14.5.